The zero-order valence-corrected chi connectivity index (χ0v) is 6.68. The van der Waals surface area contributed by atoms with E-state index in [1.807, 2.05) is 0 Å². The molecule has 0 aliphatic heterocycles. The lowest BCUT2D eigenvalue weighted by Crippen LogP contribution is -2.11. The molecule has 0 spiro atoms. The van der Waals surface area contributed by atoms with Crippen molar-refractivity contribution >= 4 is 5.78 Å². The molecule has 0 aromatic carbocycles. The van der Waals surface area contributed by atoms with Crippen LogP contribution in [0.1, 0.15) is 38.5 Å². The highest BCUT2D eigenvalue weighted by Crippen LogP contribution is 2.21. The predicted molar refractivity (Wildman–Crippen MR) is 41.8 cm³/mol. The summed E-state index contributed by atoms with van der Waals surface area (Å²) in [7, 11) is 0. The smallest absolute Gasteiger partial charge is 0.137 e. The highest BCUT2D eigenvalue weighted by molar-refractivity contribution is 5.81. The van der Waals surface area contributed by atoms with Crippen LogP contribution in [-0.2, 0) is 4.79 Å². The van der Waals surface area contributed by atoms with Crippen molar-refractivity contribution < 1.29 is 4.79 Å². The van der Waals surface area contributed by atoms with Crippen LogP contribution in [0.25, 0.3) is 0 Å². The van der Waals surface area contributed by atoms with E-state index >= 15 is 0 Å². The first-order valence-electron chi connectivity index (χ1n) is 4.24. The van der Waals surface area contributed by atoms with Crippen molar-refractivity contribution in [3.63, 3.8) is 0 Å². The summed E-state index contributed by atoms with van der Waals surface area (Å²) in [4.78, 5) is 11.3. The van der Waals surface area contributed by atoms with Gasteiger partial charge in [0.2, 0.25) is 0 Å². The minimum atomic E-state index is 0.0579. The Bertz CT molecular complexity index is 180. The van der Waals surface area contributed by atoms with Crippen molar-refractivity contribution in [1.82, 2.24) is 0 Å². The molecule has 0 amide bonds. The van der Waals surface area contributed by atoms with Crippen LogP contribution >= 0.6 is 0 Å². The minimum Gasteiger partial charge on any atom is -0.299 e. The third-order valence-electron chi connectivity index (χ3n) is 2.27. The van der Waals surface area contributed by atoms with Gasteiger partial charge in [0.05, 0.1) is 6.07 Å². The number of nitriles is 1. The lowest BCUT2D eigenvalue weighted by atomic mass is 9.96. The Morgan fingerprint density at radius 1 is 1.45 bits per heavy atom. The number of hydrogen-bond donors (Lipinski definition) is 0. The molecule has 1 unspecified atom stereocenters. The molecule has 0 bridgehead atoms. The summed E-state index contributed by atoms with van der Waals surface area (Å²) >= 11 is 0. The van der Waals surface area contributed by atoms with Crippen molar-refractivity contribution in [3.8, 4) is 6.07 Å². The average Bonchev–Trinajstić information content (AvgIpc) is 2.18. The second kappa shape index (κ2) is 4.12. The maximum Gasteiger partial charge on any atom is 0.137 e. The topological polar surface area (TPSA) is 40.9 Å². The first-order valence-corrected chi connectivity index (χ1v) is 4.24. The number of Topliss-reactive ketones (excluding diaryl/α,β-unsaturated/α-hetero) is 1. The van der Waals surface area contributed by atoms with Gasteiger partial charge in [-0.1, -0.05) is 12.8 Å². The van der Waals surface area contributed by atoms with Gasteiger partial charge in [0.15, 0.2) is 0 Å². The number of nitrogens with zero attached hydrogens (tertiary/aromatic N) is 1. The third-order valence-corrected chi connectivity index (χ3v) is 2.27. The Kier molecular flexibility index (Phi) is 3.10. The molecule has 1 aliphatic carbocycles. The third kappa shape index (κ3) is 2.34. The normalized spacial score (nSPS) is 25.7. The SMILES string of the molecule is N#CCC1CCCCCC1=O. The molecule has 0 saturated heterocycles. The van der Waals surface area contributed by atoms with E-state index in [1.165, 1.54) is 0 Å². The van der Waals surface area contributed by atoms with Crippen LogP contribution in [0, 0.1) is 17.2 Å². The molecular formula is C9H13NO. The van der Waals surface area contributed by atoms with Crippen LogP contribution in [0.15, 0.2) is 0 Å². The molecule has 1 saturated carbocycles. The van der Waals surface area contributed by atoms with E-state index in [0.717, 1.165) is 25.7 Å². The van der Waals surface area contributed by atoms with Crippen LogP contribution in [0.4, 0.5) is 0 Å². The molecule has 2 nitrogen and oxygen atoms in total. The van der Waals surface area contributed by atoms with Gasteiger partial charge in [-0.25, -0.2) is 0 Å². The summed E-state index contributed by atoms with van der Waals surface area (Å²) in [5, 5.41) is 8.43. The molecule has 11 heavy (non-hydrogen) atoms. The van der Waals surface area contributed by atoms with Crippen molar-refractivity contribution in [2.75, 3.05) is 0 Å². The first kappa shape index (κ1) is 8.26. The Morgan fingerprint density at radius 3 is 3.00 bits per heavy atom. The van der Waals surface area contributed by atoms with Crippen LogP contribution in [0.2, 0.25) is 0 Å². The molecule has 1 fully saturated rings. The molecule has 1 atom stereocenters. The molecule has 0 heterocycles. The van der Waals surface area contributed by atoms with E-state index in [4.69, 9.17) is 5.26 Å². The monoisotopic (exact) mass is 151 g/mol. The van der Waals surface area contributed by atoms with Gasteiger partial charge in [0.1, 0.15) is 5.78 Å². The largest absolute Gasteiger partial charge is 0.299 e. The highest BCUT2D eigenvalue weighted by Gasteiger charge is 2.19. The fourth-order valence-electron chi connectivity index (χ4n) is 1.56. The van der Waals surface area contributed by atoms with Crippen LogP contribution < -0.4 is 0 Å². The summed E-state index contributed by atoms with van der Waals surface area (Å²) < 4.78 is 0. The van der Waals surface area contributed by atoms with E-state index in [9.17, 15) is 4.79 Å². The lowest BCUT2D eigenvalue weighted by molar-refractivity contribution is -0.122. The number of ketones is 1. The number of carbonyl (C=O) groups is 1. The van der Waals surface area contributed by atoms with E-state index in [-0.39, 0.29) is 5.92 Å². The van der Waals surface area contributed by atoms with E-state index in [1.54, 1.807) is 0 Å². The molecular weight excluding hydrogens is 138 g/mol. The van der Waals surface area contributed by atoms with Crippen molar-refractivity contribution in [1.29, 1.82) is 5.26 Å². The number of rotatable bonds is 1. The van der Waals surface area contributed by atoms with E-state index < -0.39 is 0 Å². The molecule has 1 aliphatic rings. The van der Waals surface area contributed by atoms with E-state index in [2.05, 4.69) is 6.07 Å². The number of carbonyl (C=O) groups excluding carboxylic acids is 1. The lowest BCUT2D eigenvalue weighted by Gasteiger charge is -2.06. The molecule has 60 valence electrons. The Hall–Kier alpha value is -0.840. The second-order valence-electron chi connectivity index (χ2n) is 3.12. The summed E-state index contributed by atoms with van der Waals surface area (Å²) in [6, 6.07) is 2.07. The summed E-state index contributed by atoms with van der Waals surface area (Å²) in [6.45, 7) is 0. The van der Waals surface area contributed by atoms with Gasteiger partial charge in [-0.15, -0.1) is 0 Å². The van der Waals surface area contributed by atoms with Crippen molar-refractivity contribution in [2.24, 2.45) is 5.92 Å². The fraction of sp³-hybridized carbons (Fsp3) is 0.778. The van der Waals surface area contributed by atoms with Gasteiger partial charge in [-0.2, -0.15) is 5.26 Å². The maximum absolute atomic E-state index is 11.3. The average molecular weight is 151 g/mol. The minimum absolute atomic E-state index is 0.0579. The quantitative estimate of drug-likeness (QED) is 0.538. The summed E-state index contributed by atoms with van der Waals surface area (Å²) in [6.07, 6.45) is 5.38. The van der Waals surface area contributed by atoms with E-state index in [0.29, 0.717) is 18.6 Å². The number of hydrogen-bond acceptors (Lipinski definition) is 2. The maximum atomic E-state index is 11.3. The molecule has 0 aromatic rings. The van der Waals surface area contributed by atoms with Crippen molar-refractivity contribution in [2.45, 2.75) is 38.5 Å². The van der Waals surface area contributed by atoms with Crippen LogP contribution in [0.3, 0.4) is 0 Å². The van der Waals surface area contributed by atoms with Gasteiger partial charge >= 0.3 is 0 Å². The zero-order valence-electron chi connectivity index (χ0n) is 6.68. The van der Waals surface area contributed by atoms with Gasteiger partial charge in [-0.05, 0) is 12.8 Å². The Labute approximate surface area is 67.2 Å². The van der Waals surface area contributed by atoms with Gasteiger partial charge < -0.3 is 0 Å². The molecule has 2 heteroatoms. The standard InChI is InChI=1S/C9H13NO/c10-7-6-8-4-2-1-3-5-9(8)11/h8H,1-6H2. The van der Waals surface area contributed by atoms with Crippen molar-refractivity contribution in [3.05, 3.63) is 0 Å². The summed E-state index contributed by atoms with van der Waals surface area (Å²) in [5.74, 6) is 0.367. The predicted octanol–water partition coefficient (Wildman–Crippen LogP) is 2.05. The fourth-order valence-corrected chi connectivity index (χ4v) is 1.56. The van der Waals surface area contributed by atoms with Crippen LogP contribution in [0.5, 0.6) is 0 Å². The zero-order chi connectivity index (χ0) is 8.10. The molecule has 1 rings (SSSR count). The Balaban J connectivity index is 2.47. The molecule has 0 N–H and O–H groups in total. The second-order valence-corrected chi connectivity index (χ2v) is 3.12. The molecule has 0 radical (unpaired) electrons. The van der Waals surface area contributed by atoms with Gasteiger partial charge in [0.25, 0.3) is 0 Å². The summed E-state index contributed by atoms with van der Waals surface area (Å²) in [5.41, 5.74) is 0. The highest BCUT2D eigenvalue weighted by atomic mass is 16.1. The molecule has 0 aromatic heterocycles. The Morgan fingerprint density at radius 2 is 2.27 bits per heavy atom. The van der Waals surface area contributed by atoms with Gasteiger partial charge in [-0.3, -0.25) is 4.79 Å². The van der Waals surface area contributed by atoms with Gasteiger partial charge in [0, 0.05) is 18.8 Å². The first-order chi connectivity index (χ1) is 5.34. The van der Waals surface area contributed by atoms with Crippen LogP contribution in [-0.4, -0.2) is 5.78 Å².